The SMILES string of the molecule is Cc1cc(C)c(NC(=O)CNC(=O)c2ccc3c(c2)nc(C)n3-c2ccccc2)c(C)c1. The number of amides is 2. The van der Waals surface area contributed by atoms with Gasteiger partial charge in [-0.05, 0) is 69.2 Å². The second-order valence-corrected chi connectivity index (χ2v) is 8.04. The summed E-state index contributed by atoms with van der Waals surface area (Å²) in [4.78, 5) is 29.7. The topological polar surface area (TPSA) is 76.0 Å². The molecule has 0 unspecified atom stereocenters. The molecule has 3 aromatic carbocycles. The van der Waals surface area contributed by atoms with Gasteiger partial charge in [-0.3, -0.25) is 14.2 Å². The van der Waals surface area contributed by atoms with Crippen molar-refractivity contribution in [3.05, 3.63) is 88.7 Å². The minimum absolute atomic E-state index is 0.110. The second kappa shape index (κ2) is 8.67. The summed E-state index contributed by atoms with van der Waals surface area (Å²) < 4.78 is 2.05. The Hall–Kier alpha value is -3.93. The smallest absolute Gasteiger partial charge is 0.251 e. The maximum Gasteiger partial charge on any atom is 0.251 e. The average molecular weight is 427 g/mol. The van der Waals surface area contributed by atoms with Gasteiger partial charge in [0.1, 0.15) is 5.82 Å². The van der Waals surface area contributed by atoms with Crippen molar-refractivity contribution >= 4 is 28.5 Å². The summed E-state index contributed by atoms with van der Waals surface area (Å²) in [6, 6.07) is 19.4. The van der Waals surface area contributed by atoms with E-state index < -0.39 is 0 Å². The zero-order valence-corrected chi connectivity index (χ0v) is 18.7. The molecule has 4 aromatic rings. The largest absolute Gasteiger partial charge is 0.343 e. The normalized spacial score (nSPS) is 10.9. The molecule has 0 atom stereocenters. The van der Waals surface area contributed by atoms with Crippen LogP contribution in [-0.2, 0) is 4.79 Å². The highest BCUT2D eigenvalue weighted by atomic mass is 16.2. The summed E-state index contributed by atoms with van der Waals surface area (Å²) >= 11 is 0. The lowest BCUT2D eigenvalue weighted by atomic mass is 10.1. The van der Waals surface area contributed by atoms with Gasteiger partial charge in [-0.2, -0.15) is 0 Å². The third kappa shape index (κ3) is 4.25. The fourth-order valence-corrected chi connectivity index (χ4v) is 4.07. The van der Waals surface area contributed by atoms with Gasteiger partial charge in [0.15, 0.2) is 0 Å². The molecule has 0 radical (unpaired) electrons. The Labute approximate surface area is 187 Å². The summed E-state index contributed by atoms with van der Waals surface area (Å²) in [6.45, 7) is 7.76. The summed E-state index contributed by atoms with van der Waals surface area (Å²) in [5.74, 6) is 0.261. The maximum atomic E-state index is 12.7. The first-order chi connectivity index (χ1) is 15.3. The lowest BCUT2D eigenvalue weighted by Crippen LogP contribution is -2.33. The summed E-state index contributed by atoms with van der Waals surface area (Å²) in [7, 11) is 0. The van der Waals surface area contributed by atoms with Crippen LogP contribution in [0.5, 0.6) is 0 Å². The van der Waals surface area contributed by atoms with Crippen molar-refractivity contribution in [1.82, 2.24) is 14.9 Å². The van der Waals surface area contributed by atoms with E-state index in [2.05, 4.69) is 20.2 Å². The van der Waals surface area contributed by atoms with Gasteiger partial charge < -0.3 is 10.6 Å². The number of nitrogens with zero attached hydrogens (tertiary/aromatic N) is 2. The van der Waals surface area contributed by atoms with E-state index in [1.807, 2.05) is 76.2 Å². The number of aromatic nitrogens is 2. The lowest BCUT2D eigenvalue weighted by Gasteiger charge is -2.13. The number of hydrogen-bond acceptors (Lipinski definition) is 3. The molecule has 6 nitrogen and oxygen atoms in total. The predicted octanol–water partition coefficient (Wildman–Crippen LogP) is 4.63. The van der Waals surface area contributed by atoms with E-state index in [1.165, 1.54) is 0 Å². The Morgan fingerprint density at radius 2 is 1.59 bits per heavy atom. The number of fused-ring (bicyclic) bond motifs is 1. The van der Waals surface area contributed by atoms with Crippen molar-refractivity contribution < 1.29 is 9.59 Å². The van der Waals surface area contributed by atoms with Crippen molar-refractivity contribution in [2.24, 2.45) is 0 Å². The van der Waals surface area contributed by atoms with E-state index in [-0.39, 0.29) is 18.4 Å². The van der Waals surface area contributed by atoms with Gasteiger partial charge in [-0.1, -0.05) is 35.9 Å². The fourth-order valence-electron chi connectivity index (χ4n) is 4.07. The first kappa shape index (κ1) is 21.3. The van der Waals surface area contributed by atoms with E-state index >= 15 is 0 Å². The van der Waals surface area contributed by atoms with Gasteiger partial charge in [0, 0.05) is 16.9 Å². The molecule has 0 saturated heterocycles. The molecule has 0 spiro atoms. The van der Waals surface area contributed by atoms with Gasteiger partial charge >= 0.3 is 0 Å². The third-order valence-electron chi connectivity index (χ3n) is 5.45. The van der Waals surface area contributed by atoms with Crippen molar-refractivity contribution in [1.29, 1.82) is 0 Å². The van der Waals surface area contributed by atoms with Crippen LogP contribution in [0.2, 0.25) is 0 Å². The number of anilines is 1. The molecule has 2 N–H and O–H groups in total. The number of carbonyl (C=O) groups is 2. The molecule has 0 aliphatic carbocycles. The zero-order valence-electron chi connectivity index (χ0n) is 18.7. The first-order valence-electron chi connectivity index (χ1n) is 10.5. The molecule has 0 bridgehead atoms. The standard InChI is InChI=1S/C26H26N4O2/c1-16-12-17(2)25(18(3)13-16)29-24(31)15-27-26(32)20-10-11-23-22(14-20)28-19(4)30(23)21-8-6-5-7-9-21/h5-14H,15H2,1-4H3,(H,27,32)(H,29,31). The third-order valence-corrected chi connectivity index (χ3v) is 5.45. The molecule has 162 valence electrons. The van der Waals surface area contributed by atoms with Crippen LogP contribution >= 0.6 is 0 Å². The highest BCUT2D eigenvalue weighted by molar-refractivity contribution is 6.01. The van der Waals surface area contributed by atoms with Gasteiger partial charge in [-0.15, -0.1) is 0 Å². The average Bonchev–Trinajstić information content (AvgIpc) is 3.10. The quantitative estimate of drug-likeness (QED) is 0.489. The van der Waals surface area contributed by atoms with Crippen LogP contribution in [0.1, 0.15) is 32.9 Å². The van der Waals surface area contributed by atoms with Crippen LogP contribution in [-0.4, -0.2) is 27.9 Å². The van der Waals surface area contributed by atoms with Gasteiger partial charge in [-0.25, -0.2) is 4.98 Å². The van der Waals surface area contributed by atoms with Gasteiger partial charge in [0.05, 0.1) is 17.6 Å². The maximum absolute atomic E-state index is 12.7. The van der Waals surface area contributed by atoms with Gasteiger partial charge in [0.25, 0.3) is 5.91 Å². The summed E-state index contributed by atoms with van der Waals surface area (Å²) in [6.07, 6.45) is 0. The molecular formula is C26H26N4O2. The number of imidazole rings is 1. The van der Waals surface area contributed by atoms with E-state index in [4.69, 9.17) is 0 Å². The molecule has 4 rings (SSSR count). The Balaban J connectivity index is 1.47. The van der Waals surface area contributed by atoms with E-state index in [9.17, 15) is 9.59 Å². The number of nitrogens with one attached hydrogen (secondary N) is 2. The minimum Gasteiger partial charge on any atom is -0.343 e. The number of carbonyl (C=O) groups excluding carboxylic acids is 2. The minimum atomic E-state index is -0.314. The van der Waals surface area contributed by atoms with Crippen LogP contribution < -0.4 is 10.6 Å². The van der Waals surface area contributed by atoms with Crippen LogP contribution in [0.4, 0.5) is 5.69 Å². The Morgan fingerprint density at radius 1 is 0.906 bits per heavy atom. The van der Waals surface area contributed by atoms with E-state index in [1.54, 1.807) is 12.1 Å². The summed E-state index contributed by atoms with van der Waals surface area (Å²) in [5, 5.41) is 5.60. The molecule has 1 heterocycles. The Morgan fingerprint density at radius 3 is 2.28 bits per heavy atom. The number of rotatable bonds is 5. The number of para-hydroxylation sites is 1. The van der Waals surface area contributed by atoms with Crippen molar-refractivity contribution in [2.45, 2.75) is 27.7 Å². The zero-order chi connectivity index (χ0) is 22.8. The molecule has 0 fully saturated rings. The van der Waals surface area contributed by atoms with Crippen LogP contribution in [0.15, 0.2) is 60.7 Å². The fraction of sp³-hybridized carbons (Fsp3) is 0.192. The molecule has 32 heavy (non-hydrogen) atoms. The van der Waals surface area contributed by atoms with Crippen LogP contribution in [0.3, 0.4) is 0 Å². The molecule has 6 heteroatoms. The number of hydrogen-bond donors (Lipinski definition) is 2. The summed E-state index contributed by atoms with van der Waals surface area (Å²) in [5.41, 5.74) is 7.07. The highest BCUT2D eigenvalue weighted by Gasteiger charge is 2.14. The highest BCUT2D eigenvalue weighted by Crippen LogP contribution is 2.23. The van der Waals surface area contributed by atoms with Crippen molar-refractivity contribution in [3.8, 4) is 5.69 Å². The monoisotopic (exact) mass is 426 g/mol. The van der Waals surface area contributed by atoms with Crippen molar-refractivity contribution in [2.75, 3.05) is 11.9 Å². The second-order valence-electron chi connectivity index (χ2n) is 8.04. The predicted molar refractivity (Wildman–Crippen MR) is 127 cm³/mol. The van der Waals surface area contributed by atoms with Crippen molar-refractivity contribution in [3.63, 3.8) is 0 Å². The molecule has 0 aliphatic rings. The van der Waals surface area contributed by atoms with Gasteiger partial charge in [0.2, 0.25) is 5.91 Å². The van der Waals surface area contributed by atoms with E-state index in [0.717, 1.165) is 44.9 Å². The molecular weight excluding hydrogens is 400 g/mol. The van der Waals surface area contributed by atoms with Crippen LogP contribution in [0, 0.1) is 27.7 Å². The molecule has 2 amide bonds. The molecule has 0 saturated carbocycles. The number of aryl methyl sites for hydroxylation is 4. The molecule has 0 aliphatic heterocycles. The Bertz CT molecular complexity index is 1300. The van der Waals surface area contributed by atoms with E-state index in [0.29, 0.717) is 5.56 Å². The molecule has 1 aromatic heterocycles. The first-order valence-corrected chi connectivity index (χ1v) is 10.5. The number of benzene rings is 3. The lowest BCUT2D eigenvalue weighted by molar-refractivity contribution is -0.115. The van der Waals surface area contributed by atoms with Crippen LogP contribution in [0.25, 0.3) is 16.7 Å². The Kier molecular flexibility index (Phi) is 5.77.